The van der Waals surface area contributed by atoms with Gasteiger partial charge in [-0.2, -0.15) is 5.10 Å². The summed E-state index contributed by atoms with van der Waals surface area (Å²) in [6.07, 6.45) is 4.41. The van der Waals surface area contributed by atoms with Crippen LogP contribution in [0.25, 0.3) is 10.9 Å². The largest absolute Gasteiger partial charge is 0.352 e. The van der Waals surface area contributed by atoms with Crippen molar-refractivity contribution in [3.63, 3.8) is 0 Å². The van der Waals surface area contributed by atoms with E-state index in [9.17, 15) is 4.39 Å². The first kappa shape index (κ1) is 11.7. The quantitative estimate of drug-likeness (QED) is 0.737. The highest BCUT2D eigenvalue weighted by atomic mass is 35.5. The molecule has 1 aromatic carbocycles. The molecule has 1 unspecified atom stereocenters. The second kappa shape index (κ2) is 4.37. The topological polar surface area (TPSA) is 27.1 Å². The van der Waals surface area contributed by atoms with Crippen molar-refractivity contribution in [1.29, 1.82) is 0 Å². The molecule has 94 valence electrons. The standard InChI is InChI=1S/C13H12ClFN2O/c1-8-10-6-9(14)7-11(15)13(10)17(16-8)12-4-2-3-5-18-12/h2-3,6-7,12H,4-5H2,1H3. The molecule has 0 fully saturated rings. The minimum atomic E-state index is -0.365. The average Bonchev–Trinajstić information content (AvgIpc) is 2.68. The number of fused-ring (bicyclic) bond motifs is 1. The summed E-state index contributed by atoms with van der Waals surface area (Å²) in [6, 6.07) is 3.04. The van der Waals surface area contributed by atoms with E-state index in [-0.39, 0.29) is 12.0 Å². The molecule has 3 rings (SSSR count). The number of aryl methyl sites for hydroxylation is 1. The van der Waals surface area contributed by atoms with E-state index >= 15 is 0 Å². The summed E-state index contributed by atoms with van der Waals surface area (Å²) >= 11 is 5.87. The van der Waals surface area contributed by atoms with Crippen molar-refractivity contribution in [2.75, 3.05) is 6.61 Å². The predicted octanol–water partition coefficient (Wildman–Crippen LogP) is 3.61. The molecule has 1 aliphatic heterocycles. The van der Waals surface area contributed by atoms with Crippen molar-refractivity contribution in [2.24, 2.45) is 0 Å². The Labute approximate surface area is 109 Å². The Bertz CT molecular complexity index is 635. The molecule has 2 aromatic rings. The van der Waals surface area contributed by atoms with Gasteiger partial charge in [-0.3, -0.25) is 0 Å². The summed E-state index contributed by atoms with van der Waals surface area (Å²) < 4.78 is 21.3. The lowest BCUT2D eigenvalue weighted by Gasteiger charge is -2.20. The van der Waals surface area contributed by atoms with Crippen molar-refractivity contribution in [3.05, 3.63) is 40.8 Å². The molecule has 0 bridgehead atoms. The molecular formula is C13H12ClFN2O. The second-order valence-electron chi connectivity index (χ2n) is 4.31. The molecule has 0 saturated carbocycles. The summed E-state index contributed by atoms with van der Waals surface area (Å²) in [5.74, 6) is -0.365. The van der Waals surface area contributed by atoms with Crippen LogP contribution in [0.1, 0.15) is 18.3 Å². The summed E-state index contributed by atoms with van der Waals surface area (Å²) in [6.45, 7) is 2.37. The van der Waals surface area contributed by atoms with Crippen LogP contribution in [0, 0.1) is 12.7 Å². The molecule has 0 radical (unpaired) electrons. The lowest BCUT2D eigenvalue weighted by molar-refractivity contribution is 0.00815. The Morgan fingerprint density at radius 2 is 2.28 bits per heavy atom. The molecule has 1 atom stereocenters. The average molecular weight is 267 g/mol. The first-order valence-corrected chi connectivity index (χ1v) is 6.15. The van der Waals surface area contributed by atoms with Crippen LogP contribution in [0.2, 0.25) is 5.02 Å². The van der Waals surface area contributed by atoms with Crippen molar-refractivity contribution in [2.45, 2.75) is 19.6 Å². The molecule has 1 aromatic heterocycles. The number of benzene rings is 1. The molecule has 0 N–H and O–H groups in total. The summed E-state index contributed by atoms with van der Waals surface area (Å²) in [5.41, 5.74) is 1.21. The van der Waals surface area contributed by atoms with Gasteiger partial charge >= 0.3 is 0 Å². The van der Waals surface area contributed by atoms with Gasteiger partial charge in [0, 0.05) is 16.8 Å². The summed E-state index contributed by atoms with van der Waals surface area (Å²) in [5, 5.41) is 5.49. The third-order valence-electron chi connectivity index (χ3n) is 3.07. The van der Waals surface area contributed by atoms with E-state index in [1.807, 2.05) is 19.1 Å². The number of nitrogens with zero attached hydrogens (tertiary/aromatic N) is 2. The number of aromatic nitrogens is 2. The molecule has 0 spiro atoms. The third kappa shape index (κ3) is 1.82. The predicted molar refractivity (Wildman–Crippen MR) is 68.2 cm³/mol. The molecule has 0 aliphatic carbocycles. The van der Waals surface area contributed by atoms with Crippen molar-refractivity contribution < 1.29 is 9.13 Å². The minimum absolute atomic E-state index is 0.248. The normalized spacial score (nSPS) is 19.6. The van der Waals surface area contributed by atoms with Gasteiger partial charge in [-0.05, 0) is 19.1 Å². The van der Waals surface area contributed by atoms with Crippen LogP contribution in [-0.2, 0) is 4.74 Å². The third-order valence-corrected chi connectivity index (χ3v) is 3.29. The molecular weight excluding hydrogens is 255 g/mol. The number of rotatable bonds is 1. The fourth-order valence-corrected chi connectivity index (χ4v) is 2.44. The van der Waals surface area contributed by atoms with Crippen LogP contribution in [0.3, 0.4) is 0 Å². The van der Waals surface area contributed by atoms with Gasteiger partial charge in [0.25, 0.3) is 0 Å². The second-order valence-corrected chi connectivity index (χ2v) is 4.75. The van der Waals surface area contributed by atoms with Crippen LogP contribution in [-0.4, -0.2) is 16.4 Å². The van der Waals surface area contributed by atoms with E-state index in [0.717, 1.165) is 11.1 Å². The van der Waals surface area contributed by atoms with Gasteiger partial charge in [0.15, 0.2) is 12.0 Å². The number of ether oxygens (including phenoxy) is 1. The first-order chi connectivity index (χ1) is 8.66. The van der Waals surface area contributed by atoms with Crippen LogP contribution < -0.4 is 0 Å². The first-order valence-electron chi connectivity index (χ1n) is 5.77. The zero-order valence-corrected chi connectivity index (χ0v) is 10.6. The Balaban J connectivity index is 2.21. The molecule has 2 heterocycles. The lowest BCUT2D eigenvalue weighted by atomic mass is 10.2. The van der Waals surface area contributed by atoms with Crippen LogP contribution in [0.5, 0.6) is 0 Å². The highest BCUT2D eigenvalue weighted by Crippen LogP contribution is 2.29. The monoisotopic (exact) mass is 266 g/mol. The summed E-state index contributed by atoms with van der Waals surface area (Å²) in [4.78, 5) is 0. The van der Waals surface area contributed by atoms with E-state index in [1.54, 1.807) is 10.7 Å². The van der Waals surface area contributed by atoms with E-state index in [2.05, 4.69) is 5.10 Å². The number of hydrogen-bond acceptors (Lipinski definition) is 2. The molecule has 0 amide bonds. The van der Waals surface area contributed by atoms with Gasteiger partial charge in [0.2, 0.25) is 0 Å². The minimum Gasteiger partial charge on any atom is -0.352 e. The zero-order chi connectivity index (χ0) is 12.7. The van der Waals surface area contributed by atoms with E-state index in [4.69, 9.17) is 16.3 Å². The maximum atomic E-state index is 14.1. The fraction of sp³-hybridized carbons (Fsp3) is 0.308. The van der Waals surface area contributed by atoms with E-state index in [0.29, 0.717) is 23.6 Å². The molecule has 5 heteroatoms. The van der Waals surface area contributed by atoms with Gasteiger partial charge in [-0.15, -0.1) is 0 Å². The van der Waals surface area contributed by atoms with Gasteiger partial charge in [0.05, 0.1) is 12.3 Å². The Kier molecular flexibility index (Phi) is 2.84. The van der Waals surface area contributed by atoms with Gasteiger partial charge in [0.1, 0.15) is 5.52 Å². The van der Waals surface area contributed by atoms with Gasteiger partial charge < -0.3 is 4.74 Å². The summed E-state index contributed by atoms with van der Waals surface area (Å²) in [7, 11) is 0. The van der Waals surface area contributed by atoms with Crippen molar-refractivity contribution >= 4 is 22.5 Å². The molecule has 3 nitrogen and oxygen atoms in total. The smallest absolute Gasteiger partial charge is 0.154 e. The fourth-order valence-electron chi connectivity index (χ4n) is 2.23. The molecule has 0 saturated heterocycles. The van der Waals surface area contributed by atoms with Crippen LogP contribution >= 0.6 is 11.6 Å². The van der Waals surface area contributed by atoms with E-state index in [1.165, 1.54) is 6.07 Å². The molecule has 18 heavy (non-hydrogen) atoms. The maximum Gasteiger partial charge on any atom is 0.154 e. The highest BCUT2D eigenvalue weighted by molar-refractivity contribution is 6.31. The lowest BCUT2D eigenvalue weighted by Crippen LogP contribution is -2.17. The zero-order valence-electron chi connectivity index (χ0n) is 9.86. The van der Waals surface area contributed by atoms with Crippen LogP contribution in [0.15, 0.2) is 24.3 Å². The number of halogens is 2. The Morgan fingerprint density at radius 1 is 1.44 bits per heavy atom. The van der Waals surface area contributed by atoms with Gasteiger partial charge in [-0.25, -0.2) is 9.07 Å². The van der Waals surface area contributed by atoms with Crippen molar-refractivity contribution in [3.8, 4) is 0 Å². The SMILES string of the molecule is Cc1nn(C2CC=CCO2)c2c(F)cc(Cl)cc12. The van der Waals surface area contributed by atoms with Crippen molar-refractivity contribution in [1.82, 2.24) is 9.78 Å². The van der Waals surface area contributed by atoms with Gasteiger partial charge in [-0.1, -0.05) is 23.8 Å². The Hall–Kier alpha value is -1.39. The number of hydrogen-bond donors (Lipinski definition) is 0. The Morgan fingerprint density at radius 3 is 3.00 bits per heavy atom. The maximum absolute atomic E-state index is 14.1. The molecule has 1 aliphatic rings. The van der Waals surface area contributed by atoms with Crippen LogP contribution in [0.4, 0.5) is 4.39 Å². The van der Waals surface area contributed by atoms with E-state index < -0.39 is 0 Å². The highest BCUT2D eigenvalue weighted by Gasteiger charge is 2.20.